The van der Waals surface area contributed by atoms with Crippen molar-refractivity contribution >= 4 is 40.7 Å². The molecule has 0 aliphatic rings. The Morgan fingerprint density at radius 1 is 1.24 bits per heavy atom. The van der Waals surface area contributed by atoms with Crippen molar-refractivity contribution in [1.29, 1.82) is 0 Å². The van der Waals surface area contributed by atoms with Gasteiger partial charge in [0, 0.05) is 10.9 Å². The van der Waals surface area contributed by atoms with Crippen LogP contribution in [0.3, 0.4) is 0 Å². The van der Waals surface area contributed by atoms with Crippen LogP contribution in [0.2, 0.25) is 5.02 Å². The Hall–Kier alpha value is -3.08. The smallest absolute Gasteiger partial charge is 0.359 e. The topological polar surface area (TPSA) is 99.4 Å². The highest BCUT2D eigenvalue weighted by molar-refractivity contribution is 7.99. The maximum Gasteiger partial charge on any atom is 0.359 e. The molecule has 0 aliphatic carbocycles. The molecule has 0 spiro atoms. The lowest BCUT2D eigenvalue weighted by atomic mass is 10.2. The minimum atomic E-state index is -1.15. The van der Waals surface area contributed by atoms with Crippen molar-refractivity contribution in [1.82, 2.24) is 20.0 Å². The predicted molar refractivity (Wildman–Crippen MR) is 132 cm³/mol. The highest BCUT2D eigenvalue weighted by atomic mass is 35.5. The Kier molecular flexibility index (Phi) is 7.40. The first-order valence-corrected chi connectivity index (χ1v) is 12.3. The van der Waals surface area contributed by atoms with Gasteiger partial charge in [0.05, 0.1) is 24.8 Å². The molecule has 176 valence electrons. The quantitative estimate of drug-likeness (QED) is 0.300. The first-order valence-electron chi connectivity index (χ1n) is 10.2. The number of ether oxygens (including phenoxy) is 2. The normalized spacial score (nSPS) is 11.1. The Balaban J connectivity index is 1.60. The monoisotopic (exact) mass is 516 g/mol. The molecule has 1 N–H and O–H groups in total. The van der Waals surface area contributed by atoms with E-state index < -0.39 is 5.97 Å². The molecule has 0 fully saturated rings. The summed E-state index contributed by atoms with van der Waals surface area (Å²) in [7, 11) is 1.60. The van der Waals surface area contributed by atoms with Gasteiger partial charge in [0.15, 0.2) is 0 Å². The van der Waals surface area contributed by atoms with Crippen LogP contribution >= 0.6 is 34.7 Å². The molecule has 2 heterocycles. The third kappa shape index (κ3) is 5.52. The zero-order valence-corrected chi connectivity index (χ0v) is 20.9. The number of halogens is 1. The zero-order chi connectivity index (χ0) is 24.2. The van der Waals surface area contributed by atoms with Crippen LogP contribution in [0.15, 0.2) is 57.9 Å². The molecular weight excluding hydrogens is 496 g/mol. The number of benzene rings is 2. The molecule has 4 rings (SSSR count). The van der Waals surface area contributed by atoms with Gasteiger partial charge in [0.1, 0.15) is 26.6 Å². The van der Waals surface area contributed by atoms with Crippen LogP contribution in [0.25, 0.3) is 10.6 Å². The van der Waals surface area contributed by atoms with Gasteiger partial charge in [-0.3, -0.25) is 0 Å². The number of carboxylic acids is 1. The van der Waals surface area contributed by atoms with Crippen molar-refractivity contribution in [2.45, 2.75) is 36.5 Å². The maximum atomic E-state index is 11.8. The van der Waals surface area contributed by atoms with E-state index in [9.17, 15) is 9.90 Å². The standard InChI is InChI=1S/C23H21ClN4O4S2/c1-13(2)32-18-10-15(6-9-17(18)24)21-25-19(12-33-21)34-22-20(23(29)30)26-27-28(22)11-14-4-7-16(31-3)8-5-14/h4-10,12-13H,11H2,1-3H3,(H,29,30). The van der Waals surface area contributed by atoms with E-state index in [2.05, 4.69) is 15.3 Å². The van der Waals surface area contributed by atoms with E-state index >= 15 is 0 Å². The predicted octanol–water partition coefficient (Wildman–Crippen LogP) is 5.75. The lowest BCUT2D eigenvalue weighted by Crippen LogP contribution is -2.06. The van der Waals surface area contributed by atoms with Crippen LogP contribution in [-0.2, 0) is 6.54 Å². The summed E-state index contributed by atoms with van der Waals surface area (Å²) < 4.78 is 12.5. The van der Waals surface area contributed by atoms with E-state index in [0.717, 1.165) is 21.9 Å². The second-order valence-electron chi connectivity index (χ2n) is 7.46. The van der Waals surface area contributed by atoms with Crippen molar-refractivity contribution in [2.24, 2.45) is 0 Å². The summed E-state index contributed by atoms with van der Waals surface area (Å²) in [6.45, 7) is 4.23. The van der Waals surface area contributed by atoms with Gasteiger partial charge < -0.3 is 14.6 Å². The van der Waals surface area contributed by atoms with Gasteiger partial charge in [-0.25, -0.2) is 14.5 Å². The van der Waals surface area contributed by atoms with Gasteiger partial charge in [-0.05, 0) is 55.4 Å². The first kappa shape index (κ1) is 24.1. The van der Waals surface area contributed by atoms with Crippen molar-refractivity contribution in [3.05, 3.63) is 64.1 Å². The minimum absolute atomic E-state index is 0.0110. The number of rotatable bonds is 9. The largest absolute Gasteiger partial charge is 0.497 e. The van der Waals surface area contributed by atoms with Crippen molar-refractivity contribution in [3.63, 3.8) is 0 Å². The number of carboxylic acid groups (broad SMARTS) is 1. The van der Waals surface area contributed by atoms with Crippen LogP contribution < -0.4 is 9.47 Å². The summed E-state index contributed by atoms with van der Waals surface area (Å²) in [5.41, 5.74) is 1.68. The molecule has 4 aromatic rings. The molecule has 0 amide bonds. The van der Waals surface area contributed by atoms with Crippen LogP contribution in [0.5, 0.6) is 11.5 Å². The number of thiazole rings is 1. The summed E-state index contributed by atoms with van der Waals surface area (Å²) in [6, 6.07) is 13.0. The third-order valence-corrected chi connectivity index (χ3v) is 6.98. The number of hydrogen-bond acceptors (Lipinski definition) is 8. The lowest BCUT2D eigenvalue weighted by Gasteiger charge is -2.12. The summed E-state index contributed by atoms with van der Waals surface area (Å²) in [5, 5.41) is 21.8. The molecule has 0 unspecified atom stereocenters. The number of methoxy groups -OCH3 is 1. The van der Waals surface area contributed by atoms with Gasteiger partial charge in [0.2, 0.25) is 5.69 Å². The molecule has 2 aromatic heterocycles. The molecule has 11 heteroatoms. The average molecular weight is 517 g/mol. The average Bonchev–Trinajstić information content (AvgIpc) is 3.43. The van der Waals surface area contributed by atoms with Crippen molar-refractivity contribution < 1.29 is 19.4 Å². The van der Waals surface area contributed by atoms with Crippen LogP contribution in [-0.4, -0.2) is 44.3 Å². The van der Waals surface area contributed by atoms with Crippen molar-refractivity contribution in [3.8, 4) is 22.1 Å². The number of carbonyl (C=O) groups is 1. The number of hydrogen-bond donors (Lipinski definition) is 1. The van der Waals surface area contributed by atoms with Crippen LogP contribution in [0.4, 0.5) is 0 Å². The summed E-state index contributed by atoms with van der Waals surface area (Å²) >= 11 is 8.91. The fourth-order valence-electron chi connectivity index (χ4n) is 3.07. The summed E-state index contributed by atoms with van der Waals surface area (Å²) in [4.78, 5) is 16.4. The first-order chi connectivity index (χ1) is 16.3. The summed E-state index contributed by atoms with van der Waals surface area (Å²) in [6.07, 6.45) is -0.0110. The van der Waals surface area contributed by atoms with Gasteiger partial charge in [0.25, 0.3) is 0 Å². The zero-order valence-electron chi connectivity index (χ0n) is 18.6. The van der Waals surface area contributed by atoms with Gasteiger partial charge in [-0.15, -0.1) is 16.4 Å². The van der Waals surface area contributed by atoms with Gasteiger partial charge >= 0.3 is 5.97 Å². The Morgan fingerprint density at radius 3 is 2.68 bits per heavy atom. The maximum absolute atomic E-state index is 11.8. The van der Waals surface area contributed by atoms with E-state index in [1.54, 1.807) is 17.9 Å². The molecule has 2 aromatic carbocycles. The fourth-order valence-corrected chi connectivity index (χ4v) is 5.07. The van der Waals surface area contributed by atoms with Crippen LogP contribution in [0, 0.1) is 0 Å². The molecule has 0 saturated carbocycles. The van der Waals surface area contributed by atoms with E-state index in [1.807, 2.05) is 55.6 Å². The second kappa shape index (κ2) is 10.5. The SMILES string of the molecule is COc1ccc(Cn2nnc(C(=O)O)c2Sc2csc(-c3ccc(Cl)c(OC(C)C)c3)n2)cc1. The van der Waals surface area contributed by atoms with E-state index in [4.69, 9.17) is 21.1 Å². The fraction of sp³-hybridized carbons (Fsp3) is 0.217. The molecule has 0 radical (unpaired) electrons. The van der Waals surface area contributed by atoms with Crippen molar-refractivity contribution in [2.75, 3.05) is 7.11 Å². The van der Waals surface area contributed by atoms with E-state index in [1.165, 1.54) is 23.1 Å². The molecule has 0 bridgehead atoms. The molecule has 0 saturated heterocycles. The Labute approximate surface area is 209 Å². The number of nitrogens with zero attached hydrogens (tertiary/aromatic N) is 4. The highest BCUT2D eigenvalue weighted by Gasteiger charge is 2.22. The van der Waals surface area contributed by atoms with Gasteiger partial charge in [-0.1, -0.05) is 35.0 Å². The highest BCUT2D eigenvalue weighted by Crippen LogP contribution is 2.36. The summed E-state index contributed by atoms with van der Waals surface area (Å²) in [5.74, 6) is 0.183. The molecule has 34 heavy (non-hydrogen) atoms. The van der Waals surface area contributed by atoms with E-state index in [0.29, 0.717) is 27.4 Å². The lowest BCUT2D eigenvalue weighted by molar-refractivity contribution is 0.0686. The minimum Gasteiger partial charge on any atom is -0.497 e. The van der Waals surface area contributed by atoms with E-state index in [-0.39, 0.29) is 11.8 Å². The Bertz CT molecular complexity index is 1300. The molecule has 8 nitrogen and oxygen atoms in total. The number of aromatic carboxylic acids is 1. The Morgan fingerprint density at radius 2 is 2.00 bits per heavy atom. The molecular formula is C23H21ClN4O4S2. The third-order valence-electron chi connectivity index (χ3n) is 4.61. The van der Waals surface area contributed by atoms with Gasteiger partial charge in [-0.2, -0.15) is 0 Å². The molecule has 0 atom stereocenters. The van der Waals surface area contributed by atoms with Crippen LogP contribution in [0.1, 0.15) is 29.9 Å². The molecule has 0 aliphatic heterocycles. The number of aromatic nitrogens is 4. The second-order valence-corrected chi connectivity index (χ2v) is 9.73.